The molecule has 0 bridgehead atoms. The van der Waals surface area contributed by atoms with Gasteiger partial charge in [0.05, 0.1) is 25.6 Å². The molecular weight excluding hydrogens is 422 g/mol. The van der Waals surface area contributed by atoms with Crippen molar-refractivity contribution < 1.29 is 14.3 Å². The Morgan fingerprint density at radius 2 is 2.00 bits per heavy atom. The van der Waals surface area contributed by atoms with Crippen molar-refractivity contribution in [2.75, 3.05) is 19.0 Å². The van der Waals surface area contributed by atoms with E-state index in [2.05, 4.69) is 26.3 Å². The Morgan fingerprint density at radius 1 is 1.21 bits per heavy atom. The molecule has 1 aliphatic rings. The van der Waals surface area contributed by atoms with Crippen LogP contribution in [0.5, 0.6) is 11.5 Å². The Kier molecular flexibility index (Phi) is 5.09. The number of aromatic nitrogens is 2. The summed E-state index contributed by atoms with van der Waals surface area (Å²) in [6.45, 7) is 2.49. The molecule has 2 heterocycles. The third-order valence-electron chi connectivity index (χ3n) is 4.78. The minimum Gasteiger partial charge on any atom is -0.493 e. The van der Waals surface area contributed by atoms with Crippen molar-refractivity contribution in [2.45, 2.75) is 19.3 Å². The topological polar surface area (TPSA) is 65.4 Å². The number of amides is 1. The molecule has 28 heavy (non-hydrogen) atoms. The van der Waals surface area contributed by atoms with Gasteiger partial charge in [-0.3, -0.25) is 4.79 Å². The number of hydrogen-bond donors (Lipinski definition) is 1. The van der Waals surface area contributed by atoms with Crippen LogP contribution in [0.3, 0.4) is 0 Å². The van der Waals surface area contributed by atoms with Crippen molar-refractivity contribution in [3.8, 4) is 17.2 Å². The molecule has 6 nitrogen and oxygen atoms in total. The van der Waals surface area contributed by atoms with Gasteiger partial charge in [0.2, 0.25) is 5.91 Å². The number of benzene rings is 2. The van der Waals surface area contributed by atoms with Crippen LogP contribution < -0.4 is 14.8 Å². The number of anilines is 1. The summed E-state index contributed by atoms with van der Waals surface area (Å²) in [5.41, 5.74) is 2.86. The summed E-state index contributed by atoms with van der Waals surface area (Å²) in [6.07, 6.45) is 2.18. The SMILES string of the molecule is CCOc1ccc([C@H]2CC(=O)Nc3c2cnn3-c2ccc(Br)cc2)cc1OC. The number of fused-ring (bicyclic) bond motifs is 1. The molecule has 144 valence electrons. The number of rotatable bonds is 5. The normalized spacial score (nSPS) is 15.7. The highest BCUT2D eigenvalue weighted by Gasteiger charge is 2.31. The van der Waals surface area contributed by atoms with Gasteiger partial charge in [0.25, 0.3) is 0 Å². The van der Waals surface area contributed by atoms with Gasteiger partial charge in [-0.05, 0) is 48.9 Å². The lowest BCUT2D eigenvalue weighted by molar-refractivity contribution is -0.116. The monoisotopic (exact) mass is 441 g/mol. The molecule has 0 radical (unpaired) electrons. The van der Waals surface area contributed by atoms with Crippen LogP contribution in [0, 0.1) is 0 Å². The van der Waals surface area contributed by atoms with Gasteiger partial charge in [-0.15, -0.1) is 0 Å². The highest BCUT2D eigenvalue weighted by atomic mass is 79.9. The zero-order chi connectivity index (χ0) is 19.7. The lowest BCUT2D eigenvalue weighted by Crippen LogP contribution is -2.24. The van der Waals surface area contributed by atoms with E-state index in [1.54, 1.807) is 11.8 Å². The van der Waals surface area contributed by atoms with Gasteiger partial charge in [-0.2, -0.15) is 5.10 Å². The lowest BCUT2D eigenvalue weighted by atomic mass is 9.87. The van der Waals surface area contributed by atoms with Crippen LogP contribution in [0.4, 0.5) is 5.82 Å². The number of carbonyl (C=O) groups is 1. The minimum atomic E-state index is -0.0995. The first-order valence-electron chi connectivity index (χ1n) is 9.05. The fraction of sp³-hybridized carbons (Fsp3) is 0.238. The van der Waals surface area contributed by atoms with Crippen molar-refractivity contribution in [2.24, 2.45) is 0 Å². The summed E-state index contributed by atoms with van der Waals surface area (Å²) in [6, 6.07) is 13.6. The first-order valence-corrected chi connectivity index (χ1v) is 9.84. The third kappa shape index (κ3) is 3.38. The van der Waals surface area contributed by atoms with E-state index in [1.807, 2.05) is 55.6 Å². The first-order chi connectivity index (χ1) is 13.6. The van der Waals surface area contributed by atoms with E-state index in [-0.39, 0.29) is 11.8 Å². The number of hydrogen-bond acceptors (Lipinski definition) is 4. The van der Waals surface area contributed by atoms with Crippen LogP contribution in [-0.4, -0.2) is 29.4 Å². The Morgan fingerprint density at radius 3 is 2.71 bits per heavy atom. The summed E-state index contributed by atoms with van der Waals surface area (Å²) in [5, 5.41) is 7.50. The number of methoxy groups -OCH3 is 1. The van der Waals surface area contributed by atoms with Crippen molar-refractivity contribution in [3.05, 3.63) is 64.3 Å². The maximum Gasteiger partial charge on any atom is 0.226 e. The minimum absolute atomic E-state index is 0.0378. The van der Waals surface area contributed by atoms with Crippen LogP contribution in [-0.2, 0) is 4.79 Å². The maximum absolute atomic E-state index is 12.5. The second-order valence-corrected chi connectivity index (χ2v) is 7.40. The number of ether oxygens (including phenoxy) is 2. The lowest BCUT2D eigenvalue weighted by Gasteiger charge is -2.24. The Hall–Kier alpha value is -2.80. The molecule has 1 atom stereocenters. The highest BCUT2D eigenvalue weighted by Crippen LogP contribution is 2.40. The molecule has 7 heteroatoms. The molecule has 1 aliphatic heterocycles. The van der Waals surface area contributed by atoms with Crippen LogP contribution in [0.25, 0.3) is 5.69 Å². The summed E-state index contributed by atoms with van der Waals surface area (Å²) in [5.74, 6) is 1.92. The maximum atomic E-state index is 12.5. The average molecular weight is 442 g/mol. The van der Waals surface area contributed by atoms with Gasteiger partial charge in [0, 0.05) is 22.4 Å². The standard InChI is InChI=1S/C21H20BrN3O3/c1-3-28-18-9-4-13(10-19(18)27-2)16-11-20(26)24-21-17(16)12-23-25(21)15-7-5-14(22)6-8-15/h4-10,12,16H,3,11H2,1-2H3,(H,24,26)/t16-/m1/s1. The Bertz CT molecular complexity index is 1010. The second kappa shape index (κ2) is 7.67. The second-order valence-electron chi connectivity index (χ2n) is 6.48. The van der Waals surface area contributed by atoms with Crippen molar-refractivity contribution >= 4 is 27.7 Å². The highest BCUT2D eigenvalue weighted by molar-refractivity contribution is 9.10. The van der Waals surface area contributed by atoms with Gasteiger partial charge < -0.3 is 14.8 Å². The van der Waals surface area contributed by atoms with Gasteiger partial charge in [-0.1, -0.05) is 22.0 Å². The predicted molar refractivity (Wildman–Crippen MR) is 111 cm³/mol. The zero-order valence-electron chi connectivity index (χ0n) is 15.6. The number of nitrogens with zero attached hydrogens (tertiary/aromatic N) is 2. The Labute approximate surface area is 171 Å². The van der Waals surface area contributed by atoms with Crippen LogP contribution in [0.1, 0.15) is 30.4 Å². The number of nitrogens with one attached hydrogen (secondary N) is 1. The molecule has 1 N–H and O–H groups in total. The van der Waals surface area contributed by atoms with E-state index in [9.17, 15) is 4.79 Å². The van der Waals surface area contributed by atoms with Gasteiger partial charge >= 0.3 is 0 Å². The summed E-state index contributed by atoms with van der Waals surface area (Å²) in [7, 11) is 1.62. The quantitative estimate of drug-likeness (QED) is 0.631. The fourth-order valence-electron chi connectivity index (χ4n) is 3.47. The molecule has 0 fully saturated rings. The van der Waals surface area contributed by atoms with E-state index in [0.717, 1.165) is 21.3 Å². The van der Waals surface area contributed by atoms with Crippen molar-refractivity contribution in [1.82, 2.24) is 9.78 Å². The van der Waals surface area contributed by atoms with Crippen molar-refractivity contribution in [1.29, 1.82) is 0 Å². The molecule has 0 saturated carbocycles. The average Bonchev–Trinajstić information content (AvgIpc) is 3.12. The van der Waals surface area contributed by atoms with Crippen LogP contribution in [0.2, 0.25) is 0 Å². The van der Waals surface area contributed by atoms with E-state index in [0.29, 0.717) is 30.3 Å². The fourth-order valence-corrected chi connectivity index (χ4v) is 3.74. The van der Waals surface area contributed by atoms with E-state index >= 15 is 0 Å². The third-order valence-corrected chi connectivity index (χ3v) is 5.31. The number of halogens is 1. The van der Waals surface area contributed by atoms with Crippen molar-refractivity contribution in [3.63, 3.8) is 0 Å². The molecule has 0 spiro atoms. The molecule has 2 aromatic carbocycles. The largest absolute Gasteiger partial charge is 0.493 e. The smallest absolute Gasteiger partial charge is 0.226 e. The van der Waals surface area contributed by atoms with E-state index in [1.165, 1.54) is 0 Å². The molecule has 0 unspecified atom stereocenters. The first kappa shape index (κ1) is 18.6. The van der Waals surface area contributed by atoms with E-state index < -0.39 is 0 Å². The van der Waals surface area contributed by atoms with Gasteiger partial charge in [0.15, 0.2) is 11.5 Å². The molecule has 0 aliphatic carbocycles. The molecule has 1 amide bonds. The molecule has 3 aromatic rings. The molecule has 4 rings (SSSR count). The summed E-state index contributed by atoms with van der Waals surface area (Å²) in [4.78, 5) is 12.5. The zero-order valence-corrected chi connectivity index (χ0v) is 17.2. The summed E-state index contributed by atoms with van der Waals surface area (Å²) < 4.78 is 13.8. The van der Waals surface area contributed by atoms with Crippen LogP contribution in [0.15, 0.2) is 53.1 Å². The van der Waals surface area contributed by atoms with Gasteiger partial charge in [0.1, 0.15) is 5.82 Å². The molecule has 0 saturated heterocycles. The molecule has 1 aromatic heterocycles. The Balaban J connectivity index is 1.76. The number of carbonyl (C=O) groups excluding carboxylic acids is 1. The predicted octanol–water partition coefficient (Wildman–Crippen LogP) is 4.52. The van der Waals surface area contributed by atoms with E-state index in [4.69, 9.17) is 9.47 Å². The van der Waals surface area contributed by atoms with Crippen LogP contribution >= 0.6 is 15.9 Å². The summed E-state index contributed by atoms with van der Waals surface area (Å²) >= 11 is 3.44. The van der Waals surface area contributed by atoms with Gasteiger partial charge in [-0.25, -0.2) is 4.68 Å². The molecular formula is C21H20BrN3O3.